The van der Waals surface area contributed by atoms with Crippen molar-refractivity contribution >= 4 is 26.9 Å². The van der Waals surface area contributed by atoms with Gasteiger partial charge in [0.25, 0.3) is 0 Å². The molecular formula is C14H15BrF2N2O2S. The monoisotopic (exact) mass is 392 g/mol. The zero-order valence-electron chi connectivity index (χ0n) is 12.2. The lowest BCUT2D eigenvalue weighted by Gasteiger charge is -2.37. The van der Waals surface area contributed by atoms with E-state index in [1.807, 2.05) is 6.07 Å². The molecule has 2 rings (SSSR count). The Bertz CT molecular complexity index is 672. The first kappa shape index (κ1) is 17.3. The van der Waals surface area contributed by atoms with Gasteiger partial charge in [-0.05, 0) is 42.8 Å². The number of alkyl halides is 1. The Hall–Kier alpha value is -1.04. The smallest absolute Gasteiger partial charge is 0.181 e. The molecule has 0 saturated heterocycles. The van der Waals surface area contributed by atoms with E-state index in [0.29, 0.717) is 0 Å². The molecule has 0 radical (unpaired) electrons. The van der Waals surface area contributed by atoms with Gasteiger partial charge in [-0.25, -0.2) is 17.7 Å². The molecule has 0 saturated carbocycles. The van der Waals surface area contributed by atoms with Gasteiger partial charge in [0.1, 0.15) is 6.61 Å². The third-order valence-electron chi connectivity index (χ3n) is 3.30. The Kier molecular flexibility index (Phi) is 4.62. The standard InChI is InChI=1S/C14H15BrF2N2O2S/c1-13(2,3)22(20)19-14(7-18)8-4-5-9(15)11(17)12(8)21-6-10(14)16/h4-5,10,19H,6H2,1-3H3/t10-,14-,22?/m0/s1. The number of hydrogen-bond acceptors (Lipinski definition) is 3. The van der Waals surface area contributed by atoms with Gasteiger partial charge in [0.15, 0.2) is 23.3 Å². The summed E-state index contributed by atoms with van der Waals surface area (Å²) < 4.78 is 48.1. The number of ether oxygens (including phenoxy) is 1. The summed E-state index contributed by atoms with van der Waals surface area (Å²) in [7, 11) is -1.72. The van der Waals surface area contributed by atoms with Crippen molar-refractivity contribution in [2.75, 3.05) is 6.61 Å². The van der Waals surface area contributed by atoms with Gasteiger partial charge in [0, 0.05) is 5.56 Å². The molecule has 120 valence electrons. The minimum atomic E-state index is -1.92. The fraction of sp³-hybridized carbons (Fsp3) is 0.500. The zero-order valence-corrected chi connectivity index (χ0v) is 14.6. The molecule has 1 aromatic carbocycles. The number of fused-ring (bicyclic) bond motifs is 1. The van der Waals surface area contributed by atoms with Gasteiger partial charge in [-0.1, -0.05) is 6.07 Å². The number of rotatable bonds is 2. The van der Waals surface area contributed by atoms with E-state index in [-0.39, 0.29) is 15.8 Å². The molecular weight excluding hydrogens is 378 g/mol. The highest BCUT2D eigenvalue weighted by Gasteiger charge is 2.50. The van der Waals surface area contributed by atoms with Crippen LogP contribution in [0.1, 0.15) is 26.3 Å². The fourth-order valence-corrected chi connectivity index (χ4v) is 3.20. The van der Waals surface area contributed by atoms with Crippen LogP contribution in [-0.4, -0.2) is 21.7 Å². The number of hydrogen-bond donors (Lipinski definition) is 1. The van der Waals surface area contributed by atoms with Crippen molar-refractivity contribution in [2.45, 2.75) is 37.2 Å². The Balaban J connectivity index is 2.60. The molecule has 0 fully saturated rings. The van der Waals surface area contributed by atoms with E-state index in [4.69, 9.17) is 4.74 Å². The Morgan fingerprint density at radius 3 is 2.73 bits per heavy atom. The predicted molar refractivity (Wildman–Crippen MR) is 82.8 cm³/mol. The van der Waals surface area contributed by atoms with Crippen LogP contribution in [0.2, 0.25) is 0 Å². The minimum Gasteiger partial charge on any atom is -0.487 e. The molecule has 8 heteroatoms. The van der Waals surface area contributed by atoms with Crippen LogP contribution in [0.3, 0.4) is 0 Å². The molecule has 1 aliphatic rings. The first-order chi connectivity index (χ1) is 10.1. The summed E-state index contributed by atoms with van der Waals surface area (Å²) in [6, 6.07) is 4.59. The summed E-state index contributed by atoms with van der Waals surface area (Å²) in [6.07, 6.45) is -1.78. The van der Waals surface area contributed by atoms with Crippen molar-refractivity contribution in [3.8, 4) is 11.8 Å². The van der Waals surface area contributed by atoms with Gasteiger partial charge >= 0.3 is 0 Å². The van der Waals surface area contributed by atoms with Crippen LogP contribution in [0.4, 0.5) is 8.78 Å². The average molecular weight is 393 g/mol. The number of halogens is 3. The van der Waals surface area contributed by atoms with E-state index in [2.05, 4.69) is 20.7 Å². The van der Waals surface area contributed by atoms with Crippen LogP contribution in [0.5, 0.6) is 5.75 Å². The molecule has 0 spiro atoms. The fourth-order valence-electron chi connectivity index (χ4n) is 2.01. The van der Waals surface area contributed by atoms with Crippen LogP contribution in [0.15, 0.2) is 16.6 Å². The molecule has 1 heterocycles. The average Bonchev–Trinajstić information content (AvgIpc) is 2.44. The maximum atomic E-state index is 14.5. The van der Waals surface area contributed by atoms with Crippen LogP contribution in [0, 0.1) is 17.1 Å². The third-order valence-corrected chi connectivity index (χ3v) is 5.54. The number of nitriles is 1. The number of nitrogens with zero attached hydrogens (tertiary/aromatic N) is 1. The molecule has 0 aliphatic carbocycles. The lowest BCUT2D eigenvalue weighted by atomic mass is 9.85. The second-order valence-electron chi connectivity index (χ2n) is 5.92. The van der Waals surface area contributed by atoms with E-state index in [1.54, 1.807) is 20.8 Å². The molecule has 0 bridgehead atoms. The molecule has 1 N–H and O–H groups in total. The quantitative estimate of drug-likeness (QED) is 0.840. The highest BCUT2D eigenvalue weighted by Crippen LogP contribution is 2.42. The lowest BCUT2D eigenvalue weighted by Crippen LogP contribution is -2.56. The van der Waals surface area contributed by atoms with E-state index in [1.165, 1.54) is 12.1 Å². The highest BCUT2D eigenvalue weighted by atomic mass is 79.9. The van der Waals surface area contributed by atoms with Crippen LogP contribution < -0.4 is 9.46 Å². The van der Waals surface area contributed by atoms with Crippen molar-refractivity contribution in [2.24, 2.45) is 0 Å². The lowest BCUT2D eigenvalue weighted by molar-refractivity contribution is 0.105. The van der Waals surface area contributed by atoms with Crippen LogP contribution in [0.25, 0.3) is 0 Å². The molecule has 1 unspecified atom stereocenters. The molecule has 1 aliphatic heterocycles. The van der Waals surface area contributed by atoms with Gasteiger partial charge < -0.3 is 4.74 Å². The van der Waals surface area contributed by atoms with E-state index < -0.39 is 39.9 Å². The topological polar surface area (TPSA) is 62.1 Å². The summed E-state index contributed by atoms with van der Waals surface area (Å²) in [6.45, 7) is 4.58. The molecule has 3 atom stereocenters. The van der Waals surface area contributed by atoms with E-state index >= 15 is 0 Å². The summed E-state index contributed by atoms with van der Waals surface area (Å²) in [5.41, 5.74) is -1.92. The normalized spacial score (nSPS) is 25.8. The van der Waals surface area contributed by atoms with Gasteiger partial charge in [-0.2, -0.15) is 5.26 Å². The number of nitrogens with one attached hydrogen (secondary N) is 1. The van der Waals surface area contributed by atoms with Crippen molar-refractivity contribution in [1.82, 2.24) is 4.72 Å². The van der Waals surface area contributed by atoms with Crippen molar-refractivity contribution in [3.63, 3.8) is 0 Å². The first-order valence-corrected chi connectivity index (χ1v) is 8.44. The second kappa shape index (κ2) is 5.87. The highest BCUT2D eigenvalue weighted by molar-refractivity contribution is 9.10. The summed E-state index contributed by atoms with van der Waals surface area (Å²) in [5.74, 6) is -0.921. The van der Waals surface area contributed by atoms with Crippen LogP contribution in [-0.2, 0) is 16.5 Å². The molecule has 0 aromatic heterocycles. The van der Waals surface area contributed by atoms with E-state index in [0.717, 1.165) is 0 Å². The Labute approximate surface area is 138 Å². The minimum absolute atomic E-state index is 0.00653. The van der Waals surface area contributed by atoms with Crippen LogP contribution >= 0.6 is 15.9 Å². The molecule has 22 heavy (non-hydrogen) atoms. The first-order valence-electron chi connectivity index (χ1n) is 6.50. The molecule has 4 nitrogen and oxygen atoms in total. The predicted octanol–water partition coefficient (Wildman–Crippen LogP) is 3.09. The Morgan fingerprint density at radius 2 is 2.18 bits per heavy atom. The molecule has 1 aromatic rings. The zero-order chi connectivity index (χ0) is 16.7. The van der Waals surface area contributed by atoms with Gasteiger partial charge in [0.2, 0.25) is 0 Å². The van der Waals surface area contributed by atoms with Crippen molar-refractivity contribution in [1.29, 1.82) is 5.26 Å². The summed E-state index contributed by atoms with van der Waals surface area (Å²) in [5, 5.41) is 9.56. The van der Waals surface area contributed by atoms with Gasteiger partial charge in [-0.15, -0.1) is 0 Å². The summed E-state index contributed by atoms with van der Waals surface area (Å²) in [4.78, 5) is 0. The maximum absolute atomic E-state index is 14.5. The Morgan fingerprint density at radius 1 is 1.55 bits per heavy atom. The van der Waals surface area contributed by atoms with Crippen molar-refractivity contribution in [3.05, 3.63) is 28.0 Å². The SMILES string of the molecule is CC(C)(C)S(=O)N[C@@]1(C#N)c2ccc(Br)c(F)c2OC[C@@H]1F. The van der Waals surface area contributed by atoms with Gasteiger partial charge in [0.05, 0.1) is 26.3 Å². The van der Waals surface area contributed by atoms with Gasteiger partial charge in [-0.3, -0.25) is 0 Å². The second-order valence-corrected chi connectivity index (χ2v) is 8.74. The summed E-state index contributed by atoms with van der Waals surface area (Å²) >= 11 is 3.02. The maximum Gasteiger partial charge on any atom is 0.181 e. The number of benzene rings is 1. The van der Waals surface area contributed by atoms with Crippen molar-refractivity contribution < 1.29 is 17.7 Å². The van der Waals surface area contributed by atoms with E-state index in [9.17, 15) is 18.3 Å². The largest absolute Gasteiger partial charge is 0.487 e. The molecule has 0 amide bonds. The third kappa shape index (κ3) is 2.77.